The fourth-order valence-electron chi connectivity index (χ4n) is 3.72. The number of allylic oxidation sites excluding steroid dienone is 10. The van der Waals surface area contributed by atoms with Crippen molar-refractivity contribution in [3.8, 4) is 0 Å². The van der Waals surface area contributed by atoms with E-state index in [0.717, 1.165) is 16.9 Å². The van der Waals surface area contributed by atoms with E-state index in [0.29, 0.717) is 18.8 Å². The molecular formula is C26H40BF. The van der Waals surface area contributed by atoms with Gasteiger partial charge < -0.3 is 0 Å². The van der Waals surface area contributed by atoms with Crippen LogP contribution in [0.3, 0.4) is 0 Å². The van der Waals surface area contributed by atoms with Gasteiger partial charge in [-0.2, -0.15) is 0 Å². The summed E-state index contributed by atoms with van der Waals surface area (Å²) in [5.74, 6) is 1.38. The molecule has 0 bridgehead atoms. The lowest BCUT2D eigenvalue weighted by Gasteiger charge is -2.19. The largest absolute Gasteiger partial charge is 0.243 e. The second-order valence-electron chi connectivity index (χ2n) is 8.33. The molecule has 1 unspecified atom stereocenters. The van der Waals surface area contributed by atoms with E-state index in [9.17, 15) is 4.39 Å². The van der Waals surface area contributed by atoms with E-state index in [4.69, 9.17) is 0 Å². The highest BCUT2D eigenvalue weighted by molar-refractivity contribution is 6.55. The zero-order chi connectivity index (χ0) is 21.1. The first-order chi connectivity index (χ1) is 13.3. The fourth-order valence-corrected chi connectivity index (χ4v) is 3.72. The van der Waals surface area contributed by atoms with E-state index in [2.05, 4.69) is 46.1 Å². The van der Waals surface area contributed by atoms with Gasteiger partial charge in [0, 0.05) is 0 Å². The number of alkyl halides is 1. The Hall–Kier alpha value is -1.57. The fraction of sp³-hybridized carbons (Fsp3) is 0.538. The molecule has 0 spiro atoms. The molecule has 1 fully saturated rings. The van der Waals surface area contributed by atoms with Crippen LogP contribution in [0.25, 0.3) is 0 Å². The third kappa shape index (κ3) is 9.08. The van der Waals surface area contributed by atoms with Crippen LogP contribution >= 0.6 is 0 Å². The van der Waals surface area contributed by atoms with Crippen LogP contribution in [0.5, 0.6) is 0 Å². The summed E-state index contributed by atoms with van der Waals surface area (Å²) < 4.78 is 13.8. The molecule has 0 amide bonds. The Bertz CT molecular complexity index is 635. The lowest BCUT2D eigenvalue weighted by atomic mass is 9.62. The summed E-state index contributed by atoms with van der Waals surface area (Å²) in [5, 5.41) is 0. The first-order valence-electron chi connectivity index (χ1n) is 11.1. The summed E-state index contributed by atoms with van der Waals surface area (Å²) in [5.41, 5.74) is 5.56. The molecule has 1 atom stereocenters. The maximum atomic E-state index is 13.8. The van der Waals surface area contributed by atoms with Gasteiger partial charge in [0.2, 0.25) is 0 Å². The van der Waals surface area contributed by atoms with Crippen LogP contribution in [-0.2, 0) is 0 Å². The van der Waals surface area contributed by atoms with Gasteiger partial charge in [-0.3, -0.25) is 0 Å². The smallest absolute Gasteiger partial charge is 0.190 e. The van der Waals surface area contributed by atoms with E-state index < -0.39 is 6.17 Å². The molecule has 1 rings (SSSR count). The normalized spacial score (nSPS) is 17.3. The standard InChI is InChI=1S/C26H40BF/c1-8-11-24(12-9-2)26(16-19(4)23-14-15-23)18-21(6)27-20(5)17-25(13-10-3)22(7)28/h10,13,16-18,22-24,27H,5-6,8-9,11-12,14-15H2,1-4,7H3/b13-10-,19-16+,25-17+,26-18+. The highest BCUT2D eigenvalue weighted by Crippen LogP contribution is 2.38. The Morgan fingerprint density at radius 3 is 2.00 bits per heavy atom. The second kappa shape index (κ2) is 12.8. The highest BCUT2D eigenvalue weighted by atomic mass is 19.1. The molecule has 1 aliphatic carbocycles. The molecule has 0 aliphatic heterocycles. The molecule has 0 aromatic heterocycles. The Morgan fingerprint density at radius 1 is 1.04 bits per heavy atom. The SMILES string of the molecule is C=C(BC(=C)/C=C(\C=C/C)C(C)F)/C=C(\C=C(/C)C1CC1)C(CCC)CCC. The Morgan fingerprint density at radius 2 is 1.57 bits per heavy atom. The Labute approximate surface area is 174 Å². The molecule has 28 heavy (non-hydrogen) atoms. The van der Waals surface area contributed by atoms with E-state index >= 15 is 0 Å². The van der Waals surface area contributed by atoms with Crippen LogP contribution in [0, 0.1) is 11.8 Å². The average Bonchev–Trinajstić information content (AvgIpc) is 3.45. The minimum absolute atomic E-state index is 0.591. The predicted octanol–water partition coefficient (Wildman–Crippen LogP) is 7.81. The average molecular weight is 382 g/mol. The summed E-state index contributed by atoms with van der Waals surface area (Å²) in [7, 11) is 0.679. The first kappa shape index (κ1) is 24.5. The summed E-state index contributed by atoms with van der Waals surface area (Å²) in [4.78, 5) is 0. The van der Waals surface area contributed by atoms with Gasteiger partial charge in [0.25, 0.3) is 0 Å². The summed E-state index contributed by atoms with van der Waals surface area (Å²) in [6.07, 6.45) is 16.7. The van der Waals surface area contributed by atoms with Crippen molar-refractivity contribution >= 4 is 7.28 Å². The molecule has 154 valence electrons. The van der Waals surface area contributed by atoms with Crippen molar-refractivity contribution in [2.45, 2.75) is 79.3 Å². The van der Waals surface area contributed by atoms with Gasteiger partial charge in [-0.05, 0) is 69.4 Å². The quantitative estimate of drug-likeness (QED) is 0.225. The summed E-state index contributed by atoms with van der Waals surface area (Å²) in [6, 6.07) is 0. The van der Waals surface area contributed by atoms with Crippen LogP contribution in [-0.4, -0.2) is 13.5 Å². The Balaban J connectivity index is 3.01. The highest BCUT2D eigenvalue weighted by Gasteiger charge is 2.23. The molecule has 0 nitrogen and oxygen atoms in total. The van der Waals surface area contributed by atoms with E-state index in [1.807, 2.05) is 25.2 Å². The molecule has 1 aliphatic rings. The van der Waals surface area contributed by atoms with Crippen molar-refractivity contribution in [2.75, 3.05) is 0 Å². The number of hydrogen-bond acceptors (Lipinski definition) is 0. The van der Waals surface area contributed by atoms with E-state index in [-0.39, 0.29) is 0 Å². The van der Waals surface area contributed by atoms with Gasteiger partial charge in [0.1, 0.15) is 6.17 Å². The third-order valence-electron chi connectivity index (χ3n) is 5.38. The molecule has 0 N–H and O–H groups in total. The van der Waals surface area contributed by atoms with Gasteiger partial charge in [0.05, 0.1) is 0 Å². The van der Waals surface area contributed by atoms with Crippen LogP contribution < -0.4 is 0 Å². The van der Waals surface area contributed by atoms with Gasteiger partial charge >= 0.3 is 0 Å². The van der Waals surface area contributed by atoms with Gasteiger partial charge in [-0.1, -0.05) is 73.6 Å². The molecular weight excluding hydrogens is 342 g/mol. The second-order valence-corrected chi connectivity index (χ2v) is 8.33. The molecule has 1 saturated carbocycles. The zero-order valence-corrected chi connectivity index (χ0v) is 18.9. The minimum Gasteiger partial charge on any atom is -0.243 e. The minimum atomic E-state index is -0.991. The maximum absolute atomic E-state index is 13.8. The van der Waals surface area contributed by atoms with Crippen LogP contribution in [0.4, 0.5) is 4.39 Å². The predicted molar refractivity (Wildman–Crippen MR) is 127 cm³/mol. The maximum Gasteiger partial charge on any atom is 0.190 e. The van der Waals surface area contributed by atoms with Crippen LogP contribution in [0.2, 0.25) is 0 Å². The molecule has 0 aromatic rings. The lowest BCUT2D eigenvalue weighted by molar-refractivity contribution is 0.417. The molecule has 2 heteroatoms. The molecule has 0 aromatic carbocycles. The lowest BCUT2D eigenvalue weighted by Crippen LogP contribution is -2.06. The monoisotopic (exact) mass is 382 g/mol. The van der Waals surface area contributed by atoms with Gasteiger partial charge in [-0.15, -0.1) is 13.2 Å². The molecule has 0 heterocycles. The van der Waals surface area contributed by atoms with Crippen molar-refractivity contribution in [2.24, 2.45) is 11.8 Å². The van der Waals surface area contributed by atoms with Gasteiger partial charge in [0.15, 0.2) is 7.28 Å². The topological polar surface area (TPSA) is 0 Å². The van der Waals surface area contributed by atoms with Crippen molar-refractivity contribution in [1.29, 1.82) is 0 Å². The molecule has 0 saturated heterocycles. The summed E-state index contributed by atoms with van der Waals surface area (Å²) in [6.45, 7) is 18.7. The van der Waals surface area contributed by atoms with E-state index in [1.165, 1.54) is 49.7 Å². The van der Waals surface area contributed by atoms with Crippen LogP contribution in [0.15, 0.2) is 71.2 Å². The number of rotatable bonds is 13. The van der Waals surface area contributed by atoms with Crippen molar-refractivity contribution in [3.63, 3.8) is 0 Å². The third-order valence-corrected chi connectivity index (χ3v) is 5.38. The zero-order valence-electron chi connectivity index (χ0n) is 18.9. The summed E-state index contributed by atoms with van der Waals surface area (Å²) >= 11 is 0. The number of hydrogen-bond donors (Lipinski definition) is 0. The van der Waals surface area contributed by atoms with Gasteiger partial charge in [-0.25, -0.2) is 4.39 Å². The van der Waals surface area contributed by atoms with Crippen molar-refractivity contribution < 1.29 is 4.39 Å². The van der Waals surface area contributed by atoms with Crippen molar-refractivity contribution in [3.05, 3.63) is 71.2 Å². The number of halogens is 1. The van der Waals surface area contributed by atoms with Crippen LogP contribution in [0.1, 0.15) is 73.1 Å². The Kier molecular flexibility index (Phi) is 11.2. The van der Waals surface area contributed by atoms with Crippen molar-refractivity contribution in [1.82, 2.24) is 0 Å². The first-order valence-corrected chi connectivity index (χ1v) is 11.1. The van der Waals surface area contributed by atoms with E-state index in [1.54, 1.807) is 6.92 Å². The molecule has 0 radical (unpaired) electrons.